The van der Waals surface area contributed by atoms with Crippen molar-refractivity contribution < 1.29 is 4.42 Å². The lowest BCUT2D eigenvalue weighted by Crippen LogP contribution is -1.74. The van der Waals surface area contributed by atoms with E-state index in [2.05, 4.69) is 6.07 Å². The van der Waals surface area contributed by atoms with E-state index in [0.717, 1.165) is 10.9 Å². The fraction of sp³-hybridized carbons (Fsp3) is 0.100. The van der Waals surface area contributed by atoms with Crippen LogP contribution in [0.25, 0.3) is 11.0 Å². The van der Waals surface area contributed by atoms with Gasteiger partial charge in [0.1, 0.15) is 6.07 Å². The van der Waals surface area contributed by atoms with Gasteiger partial charge < -0.3 is 4.42 Å². The molecule has 0 radical (unpaired) electrons. The SMILES string of the molecule is Cc1coc2c(C#N)cccc12. The summed E-state index contributed by atoms with van der Waals surface area (Å²) in [5.41, 5.74) is 2.36. The second-order valence-electron chi connectivity index (χ2n) is 2.71. The summed E-state index contributed by atoms with van der Waals surface area (Å²) in [6.45, 7) is 1.97. The number of furan rings is 1. The minimum atomic E-state index is 0.598. The third-order valence-electron chi connectivity index (χ3n) is 1.91. The van der Waals surface area contributed by atoms with Crippen molar-refractivity contribution in [2.24, 2.45) is 0 Å². The van der Waals surface area contributed by atoms with Crippen molar-refractivity contribution in [3.63, 3.8) is 0 Å². The summed E-state index contributed by atoms with van der Waals surface area (Å²) in [5, 5.41) is 9.76. The number of hydrogen-bond acceptors (Lipinski definition) is 2. The van der Waals surface area contributed by atoms with Crippen molar-refractivity contribution in [1.82, 2.24) is 0 Å². The first-order valence-corrected chi connectivity index (χ1v) is 3.70. The highest BCUT2D eigenvalue weighted by molar-refractivity contribution is 5.85. The number of nitrogens with zero attached hydrogens (tertiary/aromatic N) is 1. The third kappa shape index (κ3) is 0.802. The summed E-state index contributed by atoms with van der Waals surface area (Å²) in [5.74, 6) is 0. The molecule has 2 aromatic rings. The van der Waals surface area contributed by atoms with Crippen molar-refractivity contribution in [3.8, 4) is 6.07 Å². The minimum absolute atomic E-state index is 0.598. The lowest BCUT2D eigenvalue weighted by atomic mass is 10.1. The normalized spacial score (nSPS) is 10.0. The molecule has 0 atom stereocenters. The number of nitriles is 1. The summed E-state index contributed by atoms with van der Waals surface area (Å²) >= 11 is 0. The number of hydrogen-bond donors (Lipinski definition) is 0. The van der Waals surface area contributed by atoms with Gasteiger partial charge in [0, 0.05) is 5.39 Å². The van der Waals surface area contributed by atoms with E-state index in [-0.39, 0.29) is 0 Å². The standard InChI is InChI=1S/C10H7NO/c1-7-6-12-10-8(5-11)3-2-4-9(7)10/h2-4,6H,1H3. The molecule has 0 unspecified atom stereocenters. The van der Waals surface area contributed by atoms with Gasteiger partial charge in [-0.25, -0.2) is 0 Å². The zero-order chi connectivity index (χ0) is 8.55. The van der Waals surface area contributed by atoms with E-state index in [4.69, 9.17) is 9.68 Å². The van der Waals surface area contributed by atoms with Crippen LogP contribution >= 0.6 is 0 Å². The highest BCUT2D eigenvalue weighted by Gasteiger charge is 2.04. The van der Waals surface area contributed by atoms with Gasteiger partial charge in [0.15, 0.2) is 5.58 Å². The second-order valence-corrected chi connectivity index (χ2v) is 2.71. The Hall–Kier alpha value is -1.75. The van der Waals surface area contributed by atoms with Crippen LogP contribution in [0.15, 0.2) is 28.9 Å². The molecule has 1 aromatic heterocycles. The maximum Gasteiger partial charge on any atom is 0.151 e. The van der Waals surface area contributed by atoms with E-state index in [1.807, 2.05) is 19.1 Å². The van der Waals surface area contributed by atoms with Crippen LogP contribution in [0.4, 0.5) is 0 Å². The molecule has 2 nitrogen and oxygen atoms in total. The third-order valence-corrected chi connectivity index (χ3v) is 1.91. The molecule has 1 heterocycles. The van der Waals surface area contributed by atoms with Crippen LogP contribution in [-0.2, 0) is 0 Å². The van der Waals surface area contributed by atoms with Crippen molar-refractivity contribution in [2.45, 2.75) is 6.92 Å². The number of benzene rings is 1. The van der Waals surface area contributed by atoms with Gasteiger partial charge in [0.25, 0.3) is 0 Å². The average molecular weight is 157 g/mol. The molecule has 0 saturated carbocycles. The van der Waals surface area contributed by atoms with E-state index in [0.29, 0.717) is 11.1 Å². The van der Waals surface area contributed by atoms with E-state index in [1.54, 1.807) is 12.3 Å². The van der Waals surface area contributed by atoms with Crippen LogP contribution in [0.5, 0.6) is 0 Å². The number of fused-ring (bicyclic) bond motifs is 1. The van der Waals surface area contributed by atoms with E-state index in [9.17, 15) is 0 Å². The smallest absolute Gasteiger partial charge is 0.151 e. The molecular weight excluding hydrogens is 150 g/mol. The zero-order valence-electron chi connectivity index (χ0n) is 6.66. The van der Waals surface area contributed by atoms with Gasteiger partial charge in [0.05, 0.1) is 11.8 Å². The number of para-hydroxylation sites is 1. The highest BCUT2D eigenvalue weighted by Crippen LogP contribution is 2.22. The minimum Gasteiger partial charge on any atom is -0.463 e. The predicted octanol–water partition coefficient (Wildman–Crippen LogP) is 2.61. The Morgan fingerprint density at radius 1 is 1.42 bits per heavy atom. The first-order valence-electron chi connectivity index (χ1n) is 3.70. The zero-order valence-corrected chi connectivity index (χ0v) is 6.66. The quantitative estimate of drug-likeness (QED) is 0.589. The Bertz CT molecular complexity index is 462. The Morgan fingerprint density at radius 2 is 2.25 bits per heavy atom. The second kappa shape index (κ2) is 2.38. The fourth-order valence-electron chi connectivity index (χ4n) is 1.27. The molecule has 0 spiro atoms. The van der Waals surface area contributed by atoms with Gasteiger partial charge in [-0.05, 0) is 18.6 Å². The molecule has 0 saturated heterocycles. The summed E-state index contributed by atoms with van der Waals surface area (Å²) in [4.78, 5) is 0. The topological polar surface area (TPSA) is 36.9 Å². The van der Waals surface area contributed by atoms with Crippen LogP contribution in [0.1, 0.15) is 11.1 Å². The van der Waals surface area contributed by atoms with Gasteiger partial charge in [-0.3, -0.25) is 0 Å². The van der Waals surface area contributed by atoms with Crippen molar-refractivity contribution in [3.05, 3.63) is 35.6 Å². The van der Waals surface area contributed by atoms with E-state index >= 15 is 0 Å². The molecule has 58 valence electrons. The summed E-state index contributed by atoms with van der Waals surface area (Å²) in [6, 6.07) is 7.66. The lowest BCUT2D eigenvalue weighted by Gasteiger charge is -1.90. The molecule has 0 N–H and O–H groups in total. The van der Waals surface area contributed by atoms with Crippen molar-refractivity contribution in [2.75, 3.05) is 0 Å². The molecule has 2 rings (SSSR count). The predicted molar refractivity (Wildman–Crippen MR) is 45.7 cm³/mol. The molecule has 12 heavy (non-hydrogen) atoms. The maximum atomic E-state index is 8.73. The van der Waals surface area contributed by atoms with Gasteiger partial charge in [-0.15, -0.1) is 0 Å². The highest BCUT2D eigenvalue weighted by atomic mass is 16.3. The Labute approximate surface area is 70.0 Å². The Balaban J connectivity index is 2.92. The molecule has 0 aliphatic heterocycles. The fourth-order valence-corrected chi connectivity index (χ4v) is 1.27. The number of rotatable bonds is 0. The molecule has 2 heteroatoms. The van der Waals surface area contributed by atoms with Gasteiger partial charge in [0.2, 0.25) is 0 Å². The van der Waals surface area contributed by atoms with E-state index in [1.165, 1.54) is 0 Å². The summed E-state index contributed by atoms with van der Waals surface area (Å²) in [7, 11) is 0. The van der Waals surface area contributed by atoms with Crippen LogP contribution in [-0.4, -0.2) is 0 Å². The van der Waals surface area contributed by atoms with Crippen molar-refractivity contribution >= 4 is 11.0 Å². The van der Waals surface area contributed by atoms with E-state index < -0.39 is 0 Å². The van der Waals surface area contributed by atoms with Crippen molar-refractivity contribution in [1.29, 1.82) is 5.26 Å². The molecule has 0 aliphatic carbocycles. The molecule has 0 amide bonds. The summed E-state index contributed by atoms with van der Waals surface area (Å²) in [6.07, 6.45) is 1.67. The average Bonchev–Trinajstić information content (AvgIpc) is 2.48. The Morgan fingerprint density at radius 3 is 3.00 bits per heavy atom. The lowest BCUT2D eigenvalue weighted by molar-refractivity contribution is 0.612. The largest absolute Gasteiger partial charge is 0.463 e. The first kappa shape index (κ1) is 6.93. The molecular formula is C10H7NO. The maximum absolute atomic E-state index is 8.73. The molecule has 1 aromatic carbocycles. The Kier molecular flexibility index (Phi) is 1.38. The van der Waals surface area contributed by atoms with Gasteiger partial charge in [-0.1, -0.05) is 12.1 Å². The van der Waals surface area contributed by atoms with Crippen LogP contribution in [0, 0.1) is 18.3 Å². The monoisotopic (exact) mass is 157 g/mol. The molecule has 0 bridgehead atoms. The molecule has 0 fully saturated rings. The van der Waals surface area contributed by atoms with Gasteiger partial charge >= 0.3 is 0 Å². The van der Waals surface area contributed by atoms with Crippen LogP contribution in [0.3, 0.4) is 0 Å². The van der Waals surface area contributed by atoms with Gasteiger partial charge in [-0.2, -0.15) is 5.26 Å². The molecule has 0 aliphatic rings. The van der Waals surface area contributed by atoms with Crippen LogP contribution < -0.4 is 0 Å². The first-order chi connectivity index (χ1) is 5.83. The number of aryl methyl sites for hydroxylation is 1. The summed E-state index contributed by atoms with van der Waals surface area (Å²) < 4.78 is 5.25. The van der Waals surface area contributed by atoms with Crippen LogP contribution in [0.2, 0.25) is 0 Å².